The first kappa shape index (κ1) is 17.5. The Bertz CT molecular complexity index is 427. The summed E-state index contributed by atoms with van der Waals surface area (Å²) in [5.74, 6) is 0.923. The standard InChI is InChI=1S/C17H28N2O2/c1-12(2)18-11-10-17(20)19-14(5)15-6-8-16(9-7-15)21-13(3)4/h6-9,12-14,18H,10-11H2,1-5H3,(H,19,20). The van der Waals surface area contributed by atoms with Crippen molar-refractivity contribution in [3.05, 3.63) is 29.8 Å². The number of ether oxygens (including phenoxy) is 1. The summed E-state index contributed by atoms with van der Waals surface area (Å²) in [6, 6.07) is 8.29. The van der Waals surface area contributed by atoms with Gasteiger partial charge in [-0.05, 0) is 38.5 Å². The van der Waals surface area contributed by atoms with Crippen molar-refractivity contribution in [1.82, 2.24) is 10.6 Å². The van der Waals surface area contributed by atoms with E-state index in [-0.39, 0.29) is 18.1 Å². The molecular weight excluding hydrogens is 264 g/mol. The number of nitrogens with one attached hydrogen (secondary N) is 2. The van der Waals surface area contributed by atoms with Gasteiger partial charge in [-0.2, -0.15) is 0 Å². The van der Waals surface area contributed by atoms with Gasteiger partial charge in [0.2, 0.25) is 5.91 Å². The summed E-state index contributed by atoms with van der Waals surface area (Å²) in [4.78, 5) is 11.8. The molecule has 2 N–H and O–H groups in total. The van der Waals surface area contributed by atoms with Crippen molar-refractivity contribution >= 4 is 5.91 Å². The first-order chi connectivity index (χ1) is 9.88. The Kier molecular flexibility index (Phi) is 7.23. The van der Waals surface area contributed by atoms with Crippen LogP contribution in [0.2, 0.25) is 0 Å². The Labute approximate surface area is 128 Å². The van der Waals surface area contributed by atoms with Gasteiger partial charge in [-0.25, -0.2) is 0 Å². The lowest BCUT2D eigenvalue weighted by Crippen LogP contribution is -2.31. The van der Waals surface area contributed by atoms with Crippen molar-refractivity contribution in [2.75, 3.05) is 6.54 Å². The second-order valence-electron chi connectivity index (χ2n) is 5.88. The molecule has 0 aromatic heterocycles. The maximum absolute atomic E-state index is 11.8. The Morgan fingerprint density at radius 2 is 1.71 bits per heavy atom. The predicted molar refractivity (Wildman–Crippen MR) is 86.5 cm³/mol. The van der Waals surface area contributed by atoms with Gasteiger partial charge in [0, 0.05) is 19.0 Å². The minimum absolute atomic E-state index is 0.00431. The highest BCUT2D eigenvalue weighted by Gasteiger charge is 2.09. The highest BCUT2D eigenvalue weighted by atomic mass is 16.5. The summed E-state index contributed by atoms with van der Waals surface area (Å²) >= 11 is 0. The fourth-order valence-electron chi connectivity index (χ4n) is 1.98. The average molecular weight is 292 g/mol. The van der Waals surface area contributed by atoms with Crippen LogP contribution in [0.1, 0.15) is 52.6 Å². The van der Waals surface area contributed by atoms with Crippen molar-refractivity contribution < 1.29 is 9.53 Å². The Balaban J connectivity index is 2.44. The van der Waals surface area contributed by atoms with Crippen LogP contribution in [-0.2, 0) is 4.79 Å². The van der Waals surface area contributed by atoms with E-state index in [1.165, 1.54) is 0 Å². The Morgan fingerprint density at radius 3 is 2.24 bits per heavy atom. The molecule has 1 rings (SSSR count). The monoisotopic (exact) mass is 292 g/mol. The van der Waals surface area contributed by atoms with Gasteiger partial charge in [0.1, 0.15) is 5.75 Å². The van der Waals surface area contributed by atoms with Gasteiger partial charge < -0.3 is 15.4 Å². The normalized spacial score (nSPS) is 12.5. The van der Waals surface area contributed by atoms with Crippen LogP contribution >= 0.6 is 0 Å². The van der Waals surface area contributed by atoms with Crippen LogP contribution in [0.15, 0.2) is 24.3 Å². The van der Waals surface area contributed by atoms with E-state index in [1.54, 1.807) is 0 Å². The molecule has 0 heterocycles. The number of carbonyl (C=O) groups is 1. The van der Waals surface area contributed by atoms with E-state index in [2.05, 4.69) is 24.5 Å². The highest BCUT2D eigenvalue weighted by Crippen LogP contribution is 2.18. The molecule has 0 bridgehead atoms. The van der Waals surface area contributed by atoms with E-state index in [0.717, 1.165) is 11.3 Å². The molecule has 21 heavy (non-hydrogen) atoms. The smallest absolute Gasteiger partial charge is 0.221 e. The number of benzene rings is 1. The largest absolute Gasteiger partial charge is 0.491 e. The molecular formula is C17H28N2O2. The highest BCUT2D eigenvalue weighted by molar-refractivity contribution is 5.76. The molecule has 0 aliphatic carbocycles. The third kappa shape index (κ3) is 7.14. The van der Waals surface area contributed by atoms with E-state index in [4.69, 9.17) is 4.74 Å². The van der Waals surface area contributed by atoms with Gasteiger partial charge >= 0.3 is 0 Å². The van der Waals surface area contributed by atoms with Gasteiger partial charge in [-0.3, -0.25) is 4.79 Å². The van der Waals surface area contributed by atoms with Gasteiger partial charge in [0.15, 0.2) is 0 Å². The number of hydrogen-bond donors (Lipinski definition) is 2. The van der Waals surface area contributed by atoms with Crippen molar-refractivity contribution in [2.24, 2.45) is 0 Å². The quantitative estimate of drug-likeness (QED) is 0.774. The molecule has 1 atom stereocenters. The molecule has 0 fully saturated rings. The second-order valence-corrected chi connectivity index (χ2v) is 5.88. The topological polar surface area (TPSA) is 50.4 Å². The van der Waals surface area contributed by atoms with E-state index in [0.29, 0.717) is 19.0 Å². The zero-order valence-electron chi connectivity index (χ0n) is 13.8. The van der Waals surface area contributed by atoms with Crippen LogP contribution in [0.4, 0.5) is 0 Å². The average Bonchev–Trinajstić information content (AvgIpc) is 2.38. The molecule has 118 valence electrons. The molecule has 1 unspecified atom stereocenters. The molecule has 4 heteroatoms. The molecule has 0 spiro atoms. The molecule has 0 saturated carbocycles. The molecule has 0 radical (unpaired) electrons. The zero-order chi connectivity index (χ0) is 15.8. The lowest BCUT2D eigenvalue weighted by Gasteiger charge is -2.16. The molecule has 1 amide bonds. The first-order valence-corrected chi connectivity index (χ1v) is 7.68. The van der Waals surface area contributed by atoms with E-state index >= 15 is 0 Å². The Morgan fingerprint density at radius 1 is 1.10 bits per heavy atom. The number of carbonyl (C=O) groups excluding carboxylic acids is 1. The summed E-state index contributed by atoms with van der Waals surface area (Å²) in [6.45, 7) is 10.8. The first-order valence-electron chi connectivity index (χ1n) is 7.68. The number of rotatable bonds is 8. The van der Waals surface area contributed by atoms with Crippen molar-refractivity contribution in [3.8, 4) is 5.75 Å². The van der Waals surface area contributed by atoms with Crippen LogP contribution < -0.4 is 15.4 Å². The molecule has 1 aromatic rings. The van der Waals surface area contributed by atoms with Crippen LogP contribution in [0.25, 0.3) is 0 Å². The van der Waals surface area contributed by atoms with Crippen molar-refractivity contribution in [3.63, 3.8) is 0 Å². The molecule has 0 aliphatic rings. The zero-order valence-corrected chi connectivity index (χ0v) is 13.8. The fourth-order valence-corrected chi connectivity index (χ4v) is 1.98. The predicted octanol–water partition coefficient (Wildman–Crippen LogP) is 3.04. The Hall–Kier alpha value is -1.55. The van der Waals surface area contributed by atoms with Crippen LogP contribution in [0.5, 0.6) is 5.75 Å². The van der Waals surface area contributed by atoms with E-state index in [9.17, 15) is 4.79 Å². The minimum atomic E-state index is 0.00431. The maximum atomic E-state index is 11.8. The fraction of sp³-hybridized carbons (Fsp3) is 0.588. The maximum Gasteiger partial charge on any atom is 0.221 e. The number of amides is 1. The van der Waals surface area contributed by atoms with Gasteiger partial charge in [0.25, 0.3) is 0 Å². The second kappa shape index (κ2) is 8.67. The van der Waals surface area contributed by atoms with Crippen LogP contribution in [-0.4, -0.2) is 24.6 Å². The molecule has 0 saturated heterocycles. The third-order valence-electron chi connectivity index (χ3n) is 3.03. The van der Waals surface area contributed by atoms with Crippen LogP contribution in [0, 0.1) is 0 Å². The molecule has 1 aromatic carbocycles. The SMILES string of the molecule is CC(C)NCCC(=O)NC(C)c1ccc(OC(C)C)cc1. The lowest BCUT2D eigenvalue weighted by molar-refractivity contribution is -0.121. The van der Waals surface area contributed by atoms with Crippen molar-refractivity contribution in [2.45, 2.75) is 59.2 Å². The minimum Gasteiger partial charge on any atom is -0.491 e. The summed E-state index contributed by atoms with van der Waals surface area (Å²) in [5.41, 5.74) is 1.08. The number of hydrogen-bond acceptors (Lipinski definition) is 3. The van der Waals surface area contributed by atoms with Crippen molar-refractivity contribution in [1.29, 1.82) is 0 Å². The van der Waals surface area contributed by atoms with E-state index in [1.807, 2.05) is 45.0 Å². The summed E-state index contributed by atoms with van der Waals surface area (Å²) < 4.78 is 5.61. The summed E-state index contributed by atoms with van der Waals surface area (Å²) in [6.07, 6.45) is 0.665. The van der Waals surface area contributed by atoms with E-state index < -0.39 is 0 Å². The van der Waals surface area contributed by atoms with Gasteiger partial charge in [-0.15, -0.1) is 0 Å². The van der Waals surface area contributed by atoms with Gasteiger partial charge in [0.05, 0.1) is 12.1 Å². The van der Waals surface area contributed by atoms with Crippen LogP contribution in [0.3, 0.4) is 0 Å². The molecule has 4 nitrogen and oxygen atoms in total. The van der Waals surface area contributed by atoms with Gasteiger partial charge in [-0.1, -0.05) is 26.0 Å². The third-order valence-corrected chi connectivity index (χ3v) is 3.03. The lowest BCUT2D eigenvalue weighted by atomic mass is 10.1. The summed E-state index contributed by atoms with van der Waals surface area (Å²) in [7, 11) is 0. The summed E-state index contributed by atoms with van der Waals surface area (Å²) in [5, 5.41) is 6.25. The molecule has 0 aliphatic heterocycles.